The van der Waals surface area contributed by atoms with Crippen LogP contribution in [0.1, 0.15) is 19.3 Å². The number of hydrogen-bond donors (Lipinski definition) is 3. The van der Waals surface area contributed by atoms with E-state index in [2.05, 4.69) is 5.23 Å². The van der Waals surface area contributed by atoms with Crippen LogP contribution >= 0.6 is 0 Å². The van der Waals surface area contributed by atoms with E-state index in [1.165, 1.54) is 0 Å². The quantitative estimate of drug-likeness (QED) is 0.546. The number of carbonyl (C=O) groups is 1. The highest BCUT2D eigenvalue weighted by Gasteiger charge is 2.29. The second kappa shape index (κ2) is 4.62. The molecule has 2 atom stereocenters. The monoisotopic (exact) mass is 185 g/mol. The first-order chi connectivity index (χ1) is 6.09. The molecule has 2 unspecified atom stereocenters. The van der Waals surface area contributed by atoms with E-state index in [1.54, 1.807) is 6.82 Å². The summed E-state index contributed by atoms with van der Waals surface area (Å²) in [5.74, 6) is -0.434. The van der Waals surface area contributed by atoms with E-state index >= 15 is 0 Å². The Morgan fingerprint density at radius 1 is 1.62 bits per heavy atom. The van der Waals surface area contributed by atoms with Gasteiger partial charge in [-0.05, 0) is 38.5 Å². The van der Waals surface area contributed by atoms with Gasteiger partial charge in [-0.25, -0.2) is 0 Å². The standard InChI is InChI=1S/C8H16BNO3/c1-9(13)10-5-6-2-3-7(4-6)8(11)12/h6-7,10,13H,2-5H2,1H3,(H,11,12). The van der Waals surface area contributed by atoms with E-state index in [0.717, 1.165) is 25.8 Å². The minimum Gasteiger partial charge on any atom is -0.481 e. The smallest absolute Gasteiger partial charge is 0.373 e. The molecule has 1 aliphatic carbocycles. The van der Waals surface area contributed by atoms with Gasteiger partial charge in [0.2, 0.25) is 0 Å². The van der Waals surface area contributed by atoms with Crippen LogP contribution < -0.4 is 5.23 Å². The van der Waals surface area contributed by atoms with Crippen molar-refractivity contribution in [1.29, 1.82) is 0 Å². The highest BCUT2D eigenvalue weighted by molar-refractivity contribution is 6.45. The van der Waals surface area contributed by atoms with Crippen molar-refractivity contribution in [3.05, 3.63) is 0 Å². The third-order valence-electron chi connectivity index (χ3n) is 2.59. The zero-order chi connectivity index (χ0) is 9.84. The van der Waals surface area contributed by atoms with E-state index in [-0.39, 0.29) is 5.92 Å². The van der Waals surface area contributed by atoms with Gasteiger partial charge in [0.25, 0.3) is 0 Å². The number of rotatable bonds is 4. The van der Waals surface area contributed by atoms with E-state index < -0.39 is 13.0 Å². The zero-order valence-electron chi connectivity index (χ0n) is 7.86. The minimum absolute atomic E-state index is 0.166. The summed E-state index contributed by atoms with van der Waals surface area (Å²) in [4.78, 5) is 10.6. The summed E-state index contributed by atoms with van der Waals surface area (Å²) in [5, 5.41) is 20.6. The van der Waals surface area contributed by atoms with Crippen molar-refractivity contribution in [3.8, 4) is 0 Å². The summed E-state index contributed by atoms with van der Waals surface area (Å²) < 4.78 is 0. The molecular weight excluding hydrogens is 169 g/mol. The number of aliphatic carboxylic acids is 1. The number of carboxylic acid groups (broad SMARTS) is 1. The van der Waals surface area contributed by atoms with Gasteiger partial charge in [-0.2, -0.15) is 0 Å². The molecular formula is C8H16BNO3. The van der Waals surface area contributed by atoms with Crippen LogP contribution in [0.3, 0.4) is 0 Å². The molecule has 4 nitrogen and oxygen atoms in total. The number of hydrogen-bond acceptors (Lipinski definition) is 3. The SMILES string of the molecule is CB(O)NCC1CCC(C(=O)O)C1. The van der Waals surface area contributed by atoms with Crippen molar-refractivity contribution < 1.29 is 14.9 Å². The largest absolute Gasteiger partial charge is 0.481 e. The Balaban J connectivity index is 2.21. The molecule has 0 amide bonds. The van der Waals surface area contributed by atoms with E-state index in [9.17, 15) is 4.79 Å². The van der Waals surface area contributed by atoms with E-state index in [4.69, 9.17) is 10.1 Å². The van der Waals surface area contributed by atoms with Crippen molar-refractivity contribution in [2.75, 3.05) is 6.54 Å². The molecule has 74 valence electrons. The fourth-order valence-electron chi connectivity index (χ4n) is 1.82. The topological polar surface area (TPSA) is 69.6 Å². The van der Waals surface area contributed by atoms with E-state index in [0.29, 0.717) is 5.92 Å². The lowest BCUT2D eigenvalue weighted by atomic mass is 9.87. The maximum Gasteiger partial charge on any atom is 0.373 e. The molecule has 0 aromatic carbocycles. The molecule has 0 radical (unpaired) electrons. The third kappa shape index (κ3) is 3.36. The molecule has 0 heterocycles. The van der Waals surface area contributed by atoms with E-state index in [1.807, 2.05) is 0 Å². The van der Waals surface area contributed by atoms with Crippen molar-refractivity contribution in [2.45, 2.75) is 26.1 Å². The Kier molecular flexibility index (Phi) is 3.75. The molecule has 1 saturated carbocycles. The lowest BCUT2D eigenvalue weighted by Crippen LogP contribution is -2.34. The predicted octanol–water partition coefficient (Wildman–Crippen LogP) is 0.187. The lowest BCUT2D eigenvalue weighted by molar-refractivity contribution is -0.141. The molecule has 1 fully saturated rings. The van der Waals surface area contributed by atoms with Gasteiger partial charge >= 0.3 is 13.0 Å². The fraction of sp³-hybridized carbons (Fsp3) is 0.875. The Morgan fingerprint density at radius 2 is 2.31 bits per heavy atom. The Bertz CT molecular complexity index is 186. The van der Waals surface area contributed by atoms with Crippen LogP contribution in [0.5, 0.6) is 0 Å². The van der Waals surface area contributed by atoms with Crippen LogP contribution in [0, 0.1) is 11.8 Å². The molecule has 5 heteroatoms. The van der Waals surface area contributed by atoms with Gasteiger partial charge < -0.3 is 15.4 Å². The van der Waals surface area contributed by atoms with Gasteiger partial charge in [-0.15, -0.1) is 0 Å². The normalized spacial score (nSPS) is 27.5. The third-order valence-corrected chi connectivity index (χ3v) is 2.59. The zero-order valence-corrected chi connectivity index (χ0v) is 7.86. The van der Waals surface area contributed by atoms with Crippen LogP contribution in [-0.2, 0) is 4.79 Å². The van der Waals surface area contributed by atoms with Gasteiger partial charge in [0, 0.05) is 0 Å². The molecule has 1 rings (SSSR count). The first-order valence-corrected chi connectivity index (χ1v) is 4.74. The molecule has 0 bridgehead atoms. The second-order valence-electron chi connectivity index (χ2n) is 3.80. The summed E-state index contributed by atoms with van der Waals surface area (Å²) in [7, 11) is -0.496. The summed E-state index contributed by atoms with van der Waals surface area (Å²) in [6.45, 7) is 2.39. The van der Waals surface area contributed by atoms with Crippen LogP contribution in [0.4, 0.5) is 0 Å². The van der Waals surface area contributed by atoms with Crippen molar-refractivity contribution in [2.24, 2.45) is 11.8 Å². The van der Waals surface area contributed by atoms with Crippen molar-refractivity contribution >= 4 is 13.0 Å². The molecule has 3 N–H and O–H groups in total. The Morgan fingerprint density at radius 3 is 2.77 bits per heavy atom. The molecule has 0 saturated heterocycles. The van der Waals surface area contributed by atoms with Gasteiger partial charge in [0.15, 0.2) is 0 Å². The summed E-state index contributed by atoms with van der Waals surface area (Å²) >= 11 is 0. The molecule has 0 aliphatic heterocycles. The lowest BCUT2D eigenvalue weighted by Gasteiger charge is -2.10. The summed E-state index contributed by atoms with van der Waals surface area (Å²) in [6, 6.07) is 0. The predicted molar refractivity (Wildman–Crippen MR) is 50.3 cm³/mol. The van der Waals surface area contributed by atoms with Crippen molar-refractivity contribution in [1.82, 2.24) is 5.23 Å². The maximum atomic E-state index is 10.6. The highest BCUT2D eigenvalue weighted by Crippen LogP contribution is 2.30. The molecule has 1 aliphatic rings. The first-order valence-electron chi connectivity index (χ1n) is 4.74. The average molecular weight is 185 g/mol. The molecule has 0 aromatic rings. The van der Waals surface area contributed by atoms with Crippen LogP contribution in [0.25, 0.3) is 0 Å². The van der Waals surface area contributed by atoms with Gasteiger partial charge in [-0.3, -0.25) is 4.79 Å². The minimum atomic E-state index is -0.681. The Hall–Kier alpha value is -0.545. The van der Waals surface area contributed by atoms with Crippen LogP contribution in [-0.4, -0.2) is 29.7 Å². The van der Waals surface area contributed by atoms with Gasteiger partial charge in [-0.1, -0.05) is 0 Å². The van der Waals surface area contributed by atoms with Crippen LogP contribution in [0.15, 0.2) is 0 Å². The average Bonchev–Trinajstić information content (AvgIpc) is 2.48. The Labute approximate surface area is 78.5 Å². The number of nitrogens with one attached hydrogen (secondary N) is 1. The maximum absolute atomic E-state index is 10.6. The van der Waals surface area contributed by atoms with Crippen molar-refractivity contribution in [3.63, 3.8) is 0 Å². The first kappa shape index (κ1) is 10.5. The van der Waals surface area contributed by atoms with Crippen LogP contribution in [0.2, 0.25) is 6.82 Å². The molecule has 13 heavy (non-hydrogen) atoms. The molecule has 0 aromatic heterocycles. The second-order valence-corrected chi connectivity index (χ2v) is 3.80. The van der Waals surface area contributed by atoms with Gasteiger partial charge in [0.05, 0.1) is 5.92 Å². The summed E-state index contributed by atoms with van der Waals surface area (Å²) in [6.07, 6.45) is 2.48. The van der Waals surface area contributed by atoms with Gasteiger partial charge in [0.1, 0.15) is 0 Å². The fourth-order valence-corrected chi connectivity index (χ4v) is 1.82. The molecule has 0 spiro atoms. The summed E-state index contributed by atoms with van der Waals surface area (Å²) in [5.41, 5.74) is 0. The highest BCUT2D eigenvalue weighted by atomic mass is 16.4. The number of carboxylic acids is 1.